The first-order valence-electron chi connectivity index (χ1n) is 6.30. The Morgan fingerprint density at radius 3 is 3.25 bits per heavy atom. The van der Waals surface area contributed by atoms with Crippen molar-refractivity contribution in [1.82, 2.24) is 9.55 Å². The Morgan fingerprint density at radius 2 is 2.50 bits per heavy atom. The molecule has 0 spiro atoms. The van der Waals surface area contributed by atoms with Crippen LogP contribution in [0.4, 0.5) is 0 Å². The summed E-state index contributed by atoms with van der Waals surface area (Å²) in [5, 5.41) is 0.304. The molecule has 0 radical (unpaired) electrons. The van der Waals surface area contributed by atoms with E-state index in [1.807, 2.05) is 0 Å². The van der Waals surface area contributed by atoms with Crippen molar-refractivity contribution < 1.29 is 18.9 Å². The standard InChI is InChI=1S/C13H14N2O4S/c1-2-6-16-12-10(9-3-7-17-11(9)19-12)18-13(20)15-5-4-14-8-15/h1,4-5,8-12H,3,6-7H2/t9-,10+,11+,12+/m0/s1. The van der Waals surface area contributed by atoms with Crippen LogP contribution in [0, 0.1) is 18.3 Å². The van der Waals surface area contributed by atoms with Gasteiger partial charge in [-0.15, -0.1) is 6.42 Å². The Hall–Kier alpha value is -1.46. The lowest BCUT2D eigenvalue weighted by molar-refractivity contribution is -0.205. The molecule has 0 unspecified atom stereocenters. The maximum Gasteiger partial charge on any atom is 0.269 e. The number of rotatable bonds is 3. The SMILES string of the molecule is C#CCO[C@@H]1O[C@H]2OCC[C@H]2[C@H]1OC(=S)n1ccnc1. The normalized spacial score (nSPS) is 31.8. The zero-order valence-corrected chi connectivity index (χ0v) is 11.5. The monoisotopic (exact) mass is 294 g/mol. The third-order valence-electron chi connectivity index (χ3n) is 3.32. The third-order valence-corrected chi connectivity index (χ3v) is 3.63. The van der Waals surface area contributed by atoms with Crippen molar-refractivity contribution in [3.63, 3.8) is 0 Å². The van der Waals surface area contributed by atoms with Crippen LogP contribution in [0.25, 0.3) is 0 Å². The summed E-state index contributed by atoms with van der Waals surface area (Å²) in [6.45, 7) is 0.802. The van der Waals surface area contributed by atoms with Crippen LogP contribution in [0.3, 0.4) is 0 Å². The number of thiocarbonyl (C=S) groups is 1. The third kappa shape index (κ3) is 2.55. The van der Waals surface area contributed by atoms with Crippen LogP contribution < -0.4 is 0 Å². The van der Waals surface area contributed by atoms with Crippen molar-refractivity contribution in [2.45, 2.75) is 25.1 Å². The van der Waals surface area contributed by atoms with Crippen LogP contribution in [0.1, 0.15) is 6.42 Å². The molecule has 1 aromatic heterocycles. The van der Waals surface area contributed by atoms with E-state index in [0.717, 1.165) is 6.42 Å². The van der Waals surface area contributed by atoms with E-state index in [-0.39, 0.29) is 24.9 Å². The second kappa shape index (κ2) is 5.89. The molecule has 20 heavy (non-hydrogen) atoms. The molecular formula is C13H14N2O4S. The van der Waals surface area contributed by atoms with Crippen LogP contribution in [0.5, 0.6) is 0 Å². The fourth-order valence-corrected chi connectivity index (χ4v) is 2.62. The predicted molar refractivity (Wildman–Crippen MR) is 72.6 cm³/mol. The number of ether oxygens (including phenoxy) is 4. The summed E-state index contributed by atoms with van der Waals surface area (Å²) in [5.41, 5.74) is 0. The van der Waals surface area contributed by atoms with E-state index in [4.69, 9.17) is 37.6 Å². The zero-order chi connectivity index (χ0) is 13.9. The first-order chi connectivity index (χ1) is 9.79. The number of nitrogens with zero attached hydrogens (tertiary/aromatic N) is 2. The zero-order valence-electron chi connectivity index (χ0n) is 10.7. The number of fused-ring (bicyclic) bond motifs is 1. The molecule has 3 heterocycles. The topological polar surface area (TPSA) is 54.7 Å². The van der Waals surface area contributed by atoms with E-state index in [1.165, 1.54) is 0 Å². The highest BCUT2D eigenvalue weighted by Gasteiger charge is 2.50. The second-order valence-corrected chi connectivity index (χ2v) is 4.88. The van der Waals surface area contributed by atoms with Gasteiger partial charge in [0, 0.05) is 12.4 Å². The summed E-state index contributed by atoms with van der Waals surface area (Å²) in [7, 11) is 0. The van der Waals surface area contributed by atoms with E-state index in [2.05, 4.69) is 10.9 Å². The van der Waals surface area contributed by atoms with Crippen LogP contribution in [0.2, 0.25) is 0 Å². The summed E-state index contributed by atoms with van der Waals surface area (Å²) < 4.78 is 24.1. The molecule has 0 aromatic carbocycles. The minimum atomic E-state index is -0.567. The van der Waals surface area contributed by atoms with Gasteiger partial charge < -0.3 is 18.9 Å². The van der Waals surface area contributed by atoms with Gasteiger partial charge in [0.25, 0.3) is 5.17 Å². The smallest absolute Gasteiger partial charge is 0.269 e. The quantitative estimate of drug-likeness (QED) is 0.606. The maximum atomic E-state index is 5.84. The first kappa shape index (κ1) is 13.5. The van der Waals surface area contributed by atoms with Gasteiger partial charge in [0.05, 0.1) is 12.5 Å². The van der Waals surface area contributed by atoms with Crippen molar-refractivity contribution in [3.8, 4) is 12.3 Å². The van der Waals surface area contributed by atoms with Gasteiger partial charge in [-0.25, -0.2) is 4.98 Å². The van der Waals surface area contributed by atoms with E-state index >= 15 is 0 Å². The van der Waals surface area contributed by atoms with Gasteiger partial charge in [0.1, 0.15) is 12.9 Å². The Kier molecular flexibility index (Phi) is 3.98. The molecule has 2 aliphatic rings. The summed E-state index contributed by atoms with van der Waals surface area (Å²) in [5.74, 6) is 2.51. The van der Waals surface area contributed by atoms with Gasteiger partial charge in [0.2, 0.25) is 0 Å². The highest BCUT2D eigenvalue weighted by Crippen LogP contribution is 2.37. The molecule has 6 nitrogen and oxygen atoms in total. The van der Waals surface area contributed by atoms with Gasteiger partial charge in [-0.3, -0.25) is 4.57 Å². The molecule has 0 aliphatic carbocycles. The fraction of sp³-hybridized carbons (Fsp3) is 0.538. The lowest BCUT2D eigenvalue weighted by atomic mass is 10.0. The number of aromatic nitrogens is 2. The average Bonchev–Trinajstić information content (AvgIpc) is 3.14. The highest BCUT2D eigenvalue weighted by atomic mass is 32.1. The van der Waals surface area contributed by atoms with Crippen molar-refractivity contribution in [3.05, 3.63) is 18.7 Å². The van der Waals surface area contributed by atoms with E-state index < -0.39 is 6.29 Å². The average molecular weight is 294 g/mol. The summed E-state index contributed by atoms with van der Waals surface area (Å²) in [4.78, 5) is 3.93. The van der Waals surface area contributed by atoms with Crippen LogP contribution in [-0.2, 0) is 18.9 Å². The Balaban J connectivity index is 1.70. The molecule has 3 rings (SSSR count). The Labute approximate surface area is 122 Å². The first-order valence-corrected chi connectivity index (χ1v) is 6.71. The van der Waals surface area contributed by atoms with E-state index in [1.54, 1.807) is 23.3 Å². The number of hydrogen-bond acceptors (Lipinski definition) is 6. The van der Waals surface area contributed by atoms with Gasteiger partial charge in [-0.1, -0.05) is 5.92 Å². The van der Waals surface area contributed by atoms with Crippen LogP contribution in [0.15, 0.2) is 18.7 Å². The molecule has 106 valence electrons. The van der Waals surface area contributed by atoms with Gasteiger partial charge in [-0.05, 0) is 18.6 Å². The summed E-state index contributed by atoms with van der Waals surface area (Å²) >= 11 is 5.24. The highest BCUT2D eigenvalue weighted by molar-refractivity contribution is 7.80. The summed E-state index contributed by atoms with van der Waals surface area (Å²) in [6, 6.07) is 0. The lowest BCUT2D eigenvalue weighted by Crippen LogP contribution is -2.35. The molecule has 2 aliphatic heterocycles. The fourth-order valence-electron chi connectivity index (χ4n) is 2.40. The van der Waals surface area contributed by atoms with Crippen molar-refractivity contribution >= 4 is 17.4 Å². The van der Waals surface area contributed by atoms with Crippen LogP contribution >= 0.6 is 12.2 Å². The largest absolute Gasteiger partial charge is 0.461 e. The van der Waals surface area contributed by atoms with Gasteiger partial charge in [-0.2, -0.15) is 0 Å². The van der Waals surface area contributed by atoms with E-state index in [0.29, 0.717) is 11.8 Å². The molecule has 7 heteroatoms. The molecule has 2 fully saturated rings. The predicted octanol–water partition coefficient (Wildman–Crippen LogP) is 0.770. The number of terminal acetylenes is 1. The van der Waals surface area contributed by atoms with Gasteiger partial charge >= 0.3 is 0 Å². The molecule has 1 aromatic rings. The molecule has 2 saturated heterocycles. The number of imidazole rings is 1. The second-order valence-electron chi connectivity index (χ2n) is 4.53. The molecule has 0 amide bonds. The molecule has 0 bridgehead atoms. The van der Waals surface area contributed by atoms with Gasteiger partial charge in [0.15, 0.2) is 18.7 Å². The number of hydrogen-bond donors (Lipinski definition) is 0. The molecule has 0 N–H and O–H groups in total. The summed E-state index contributed by atoms with van der Waals surface area (Å²) in [6.07, 6.45) is 9.78. The minimum absolute atomic E-state index is 0.0965. The van der Waals surface area contributed by atoms with Crippen molar-refractivity contribution in [2.75, 3.05) is 13.2 Å². The molecule has 0 saturated carbocycles. The Bertz CT molecular complexity index is 513. The molecule has 4 atom stereocenters. The molecular weight excluding hydrogens is 280 g/mol. The van der Waals surface area contributed by atoms with Crippen molar-refractivity contribution in [1.29, 1.82) is 0 Å². The maximum absolute atomic E-state index is 5.84. The van der Waals surface area contributed by atoms with E-state index in [9.17, 15) is 0 Å². The van der Waals surface area contributed by atoms with Crippen molar-refractivity contribution in [2.24, 2.45) is 5.92 Å². The lowest BCUT2D eigenvalue weighted by Gasteiger charge is -2.22. The minimum Gasteiger partial charge on any atom is -0.461 e. The van der Waals surface area contributed by atoms with Crippen LogP contribution in [-0.4, -0.2) is 46.6 Å². The Morgan fingerprint density at radius 1 is 1.60 bits per heavy atom.